The van der Waals surface area contributed by atoms with Crippen LogP contribution in [0.15, 0.2) is 59.5 Å². The molecule has 184 valence electrons. The smallest absolute Gasteiger partial charge is 0.308 e. The Bertz CT molecular complexity index is 1560. The topological polar surface area (TPSA) is 89.8 Å². The normalized spacial score (nSPS) is 17.8. The zero-order valence-corrected chi connectivity index (χ0v) is 19.5. The Morgan fingerprint density at radius 3 is 2.44 bits per heavy atom. The summed E-state index contributed by atoms with van der Waals surface area (Å²) in [7, 11) is 1.37. The number of esters is 1. The molecule has 1 saturated carbocycles. The van der Waals surface area contributed by atoms with Gasteiger partial charge in [-0.2, -0.15) is 0 Å². The monoisotopic (exact) mass is 491 g/mol. The van der Waals surface area contributed by atoms with Gasteiger partial charge in [0.2, 0.25) is 0 Å². The van der Waals surface area contributed by atoms with E-state index in [4.69, 9.17) is 4.74 Å². The minimum atomic E-state index is -0.976. The summed E-state index contributed by atoms with van der Waals surface area (Å²) >= 11 is 0. The van der Waals surface area contributed by atoms with E-state index in [1.807, 2.05) is 0 Å². The van der Waals surface area contributed by atoms with Crippen molar-refractivity contribution in [2.24, 2.45) is 5.92 Å². The van der Waals surface area contributed by atoms with Gasteiger partial charge in [0, 0.05) is 12.2 Å². The summed E-state index contributed by atoms with van der Waals surface area (Å²) in [6.45, 7) is 0. The van der Waals surface area contributed by atoms with Crippen molar-refractivity contribution in [2.45, 2.75) is 31.7 Å². The van der Waals surface area contributed by atoms with E-state index in [1.54, 1.807) is 30.3 Å². The molecule has 0 aliphatic heterocycles. The van der Waals surface area contributed by atoms with Crippen LogP contribution in [0.5, 0.6) is 0 Å². The zero-order valence-electron chi connectivity index (χ0n) is 19.5. The van der Waals surface area contributed by atoms with Crippen LogP contribution in [-0.4, -0.2) is 34.4 Å². The van der Waals surface area contributed by atoms with Crippen LogP contribution in [0.2, 0.25) is 0 Å². The Hall–Kier alpha value is -4.14. The third-order valence-corrected chi connectivity index (χ3v) is 6.73. The van der Waals surface area contributed by atoms with Gasteiger partial charge in [0.25, 0.3) is 11.5 Å². The van der Waals surface area contributed by atoms with Gasteiger partial charge in [0.05, 0.1) is 29.5 Å². The third kappa shape index (κ3) is 4.32. The Morgan fingerprint density at radius 1 is 1.00 bits per heavy atom. The molecule has 0 spiro atoms. The first-order chi connectivity index (χ1) is 17.4. The van der Waals surface area contributed by atoms with Crippen molar-refractivity contribution in [1.29, 1.82) is 0 Å². The lowest BCUT2D eigenvalue weighted by molar-refractivity contribution is -0.146. The number of carbonyl (C=O) groups is 2. The molecule has 5 rings (SSSR count). The average Bonchev–Trinajstić information content (AvgIpc) is 2.90. The molecule has 0 atom stereocenters. The highest BCUT2D eigenvalue weighted by atomic mass is 19.2. The third-order valence-electron chi connectivity index (χ3n) is 6.73. The number of fused-ring (bicyclic) bond motifs is 2. The fourth-order valence-corrected chi connectivity index (χ4v) is 4.76. The van der Waals surface area contributed by atoms with E-state index in [2.05, 4.69) is 10.3 Å². The number of ether oxygens (including phenoxy) is 1. The molecule has 7 nitrogen and oxygen atoms in total. The van der Waals surface area contributed by atoms with Gasteiger partial charge in [0.1, 0.15) is 0 Å². The van der Waals surface area contributed by atoms with Gasteiger partial charge in [-0.1, -0.05) is 12.1 Å². The molecule has 0 unspecified atom stereocenters. The number of rotatable bonds is 4. The van der Waals surface area contributed by atoms with Gasteiger partial charge in [-0.05, 0) is 73.2 Å². The second-order valence-electron chi connectivity index (χ2n) is 8.94. The lowest BCUT2D eigenvalue weighted by Crippen LogP contribution is -2.39. The summed E-state index contributed by atoms with van der Waals surface area (Å²) in [6, 6.07) is 11.5. The van der Waals surface area contributed by atoms with Gasteiger partial charge in [-0.15, -0.1) is 0 Å². The standard InChI is InChI=1S/C27H23F2N3O4/c1-36-27(35)15-4-8-18(9-5-15)30-25(33)19-3-2-12-32-24(19)31-23-11-7-16(13-20(23)26(32)34)17-6-10-21(28)22(29)14-17/h2-3,6-7,10-15,18H,4-5,8-9H2,1H3,(H,30,33)/t15-,18+. The Labute approximate surface area is 204 Å². The van der Waals surface area contributed by atoms with E-state index < -0.39 is 11.6 Å². The highest BCUT2D eigenvalue weighted by Gasteiger charge is 2.28. The van der Waals surface area contributed by atoms with Crippen molar-refractivity contribution in [3.8, 4) is 11.1 Å². The number of carbonyl (C=O) groups excluding carboxylic acids is 2. The predicted molar refractivity (Wildman–Crippen MR) is 130 cm³/mol. The fraction of sp³-hybridized carbons (Fsp3) is 0.259. The number of aromatic nitrogens is 2. The van der Waals surface area contributed by atoms with Crippen LogP contribution in [0.4, 0.5) is 8.78 Å². The maximum atomic E-state index is 13.7. The quantitative estimate of drug-likeness (QED) is 0.341. The lowest BCUT2D eigenvalue weighted by atomic mass is 9.86. The van der Waals surface area contributed by atoms with Crippen molar-refractivity contribution in [3.05, 3.63) is 82.3 Å². The molecule has 1 N–H and O–H groups in total. The van der Waals surface area contributed by atoms with E-state index in [1.165, 1.54) is 23.8 Å². The summed E-state index contributed by atoms with van der Waals surface area (Å²) in [5, 5.41) is 3.29. The number of halogens is 2. The summed E-state index contributed by atoms with van der Waals surface area (Å²) in [6.07, 6.45) is 4.11. The average molecular weight is 491 g/mol. The Balaban J connectivity index is 1.46. The predicted octanol–water partition coefficient (Wildman–Crippen LogP) is 4.25. The Morgan fingerprint density at radius 2 is 1.72 bits per heavy atom. The highest BCUT2D eigenvalue weighted by molar-refractivity contribution is 6.01. The fourth-order valence-electron chi connectivity index (χ4n) is 4.76. The van der Waals surface area contributed by atoms with Crippen LogP contribution < -0.4 is 10.9 Å². The molecule has 2 heterocycles. The molecule has 1 fully saturated rings. The van der Waals surface area contributed by atoms with Crippen LogP contribution in [0.3, 0.4) is 0 Å². The molecule has 0 bridgehead atoms. The molecule has 0 saturated heterocycles. The summed E-state index contributed by atoms with van der Waals surface area (Å²) in [4.78, 5) is 42.7. The van der Waals surface area contributed by atoms with Gasteiger partial charge in [-0.3, -0.25) is 18.8 Å². The maximum Gasteiger partial charge on any atom is 0.308 e. The Kier molecular flexibility index (Phi) is 6.22. The molecule has 0 radical (unpaired) electrons. The van der Waals surface area contributed by atoms with Gasteiger partial charge in [-0.25, -0.2) is 13.8 Å². The summed E-state index contributed by atoms with van der Waals surface area (Å²) in [5.74, 6) is -2.65. The first-order valence-corrected chi connectivity index (χ1v) is 11.6. The second-order valence-corrected chi connectivity index (χ2v) is 8.94. The second kappa shape index (κ2) is 9.49. The maximum absolute atomic E-state index is 13.7. The number of nitrogens with zero attached hydrogens (tertiary/aromatic N) is 2. The molecule has 4 aromatic rings. The molecule has 1 aliphatic carbocycles. The molecule has 2 aromatic heterocycles. The number of pyridine rings is 1. The number of nitrogens with one attached hydrogen (secondary N) is 1. The van der Waals surface area contributed by atoms with Crippen LogP contribution in [0, 0.1) is 17.6 Å². The van der Waals surface area contributed by atoms with Crippen LogP contribution in [0.1, 0.15) is 36.0 Å². The number of amides is 1. The van der Waals surface area contributed by atoms with Crippen LogP contribution in [0.25, 0.3) is 27.7 Å². The lowest BCUT2D eigenvalue weighted by Gasteiger charge is -2.27. The minimum Gasteiger partial charge on any atom is -0.469 e. The highest BCUT2D eigenvalue weighted by Crippen LogP contribution is 2.27. The number of benzene rings is 2. The summed E-state index contributed by atoms with van der Waals surface area (Å²) in [5.41, 5.74) is 1.44. The van der Waals surface area contributed by atoms with Gasteiger partial charge >= 0.3 is 5.97 Å². The molecule has 36 heavy (non-hydrogen) atoms. The van der Waals surface area contributed by atoms with Gasteiger partial charge < -0.3 is 10.1 Å². The van der Waals surface area contributed by atoms with E-state index in [0.29, 0.717) is 42.3 Å². The molecule has 2 aromatic carbocycles. The first kappa shape index (κ1) is 23.6. The number of hydrogen-bond donors (Lipinski definition) is 1. The van der Waals surface area contributed by atoms with Crippen molar-refractivity contribution >= 4 is 28.4 Å². The minimum absolute atomic E-state index is 0.0931. The molecule has 1 amide bonds. The van der Waals surface area contributed by atoms with Crippen LogP contribution >= 0.6 is 0 Å². The summed E-state index contributed by atoms with van der Waals surface area (Å²) < 4.78 is 33.2. The largest absolute Gasteiger partial charge is 0.469 e. The van der Waals surface area contributed by atoms with Crippen molar-refractivity contribution in [3.63, 3.8) is 0 Å². The number of methoxy groups -OCH3 is 1. The van der Waals surface area contributed by atoms with E-state index >= 15 is 0 Å². The van der Waals surface area contributed by atoms with E-state index in [-0.39, 0.29) is 46.0 Å². The molecule has 1 aliphatic rings. The van der Waals surface area contributed by atoms with E-state index in [0.717, 1.165) is 12.1 Å². The van der Waals surface area contributed by atoms with Gasteiger partial charge in [0.15, 0.2) is 17.3 Å². The van der Waals surface area contributed by atoms with Crippen molar-refractivity contribution in [1.82, 2.24) is 14.7 Å². The first-order valence-electron chi connectivity index (χ1n) is 11.6. The van der Waals surface area contributed by atoms with E-state index in [9.17, 15) is 23.2 Å². The number of hydrogen-bond acceptors (Lipinski definition) is 5. The molecule has 9 heteroatoms. The molecular formula is C27H23F2N3O4. The SMILES string of the molecule is COC(=O)[C@H]1CC[C@@H](NC(=O)c2cccn3c(=O)c4cc(-c5ccc(F)c(F)c5)ccc4nc23)CC1. The van der Waals surface area contributed by atoms with Crippen molar-refractivity contribution in [2.75, 3.05) is 7.11 Å². The van der Waals surface area contributed by atoms with Crippen LogP contribution in [-0.2, 0) is 9.53 Å². The van der Waals surface area contributed by atoms with Crippen molar-refractivity contribution < 1.29 is 23.1 Å². The zero-order chi connectivity index (χ0) is 25.4. The molecular weight excluding hydrogens is 468 g/mol.